The zero-order valence-corrected chi connectivity index (χ0v) is 30.7. The summed E-state index contributed by atoms with van der Waals surface area (Å²) in [4.78, 5) is 53.4. The molecule has 2 N–H and O–H groups in total. The van der Waals surface area contributed by atoms with Crippen LogP contribution in [0.3, 0.4) is 0 Å². The third-order valence-corrected chi connectivity index (χ3v) is 9.26. The second kappa shape index (κ2) is 19.3. The van der Waals surface area contributed by atoms with E-state index in [2.05, 4.69) is 10.6 Å². The average Bonchev–Trinajstić information content (AvgIpc) is 3.11. The van der Waals surface area contributed by atoms with E-state index in [0.717, 1.165) is 16.7 Å². The van der Waals surface area contributed by atoms with E-state index in [9.17, 15) is 19.2 Å². The van der Waals surface area contributed by atoms with Gasteiger partial charge in [-0.3, -0.25) is 19.7 Å². The number of Topliss-reactive ketones (excluding diaryl/α,β-unsaturated/α-hetero) is 2. The molecule has 51 heavy (non-hydrogen) atoms. The maximum atomic E-state index is 14.0. The van der Waals surface area contributed by atoms with Crippen molar-refractivity contribution in [3.8, 4) is 5.75 Å². The van der Waals surface area contributed by atoms with Gasteiger partial charge < -0.3 is 19.5 Å². The van der Waals surface area contributed by atoms with Crippen LogP contribution in [0.1, 0.15) is 77.0 Å². The van der Waals surface area contributed by atoms with Gasteiger partial charge >= 0.3 is 5.97 Å². The summed E-state index contributed by atoms with van der Waals surface area (Å²) in [7, 11) is 0. The van der Waals surface area contributed by atoms with Gasteiger partial charge in [-0.15, -0.1) is 0 Å². The molecule has 3 atom stereocenters. The summed E-state index contributed by atoms with van der Waals surface area (Å²) >= 11 is 0. The van der Waals surface area contributed by atoms with Crippen molar-refractivity contribution in [2.24, 2.45) is 17.8 Å². The second-order valence-electron chi connectivity index (χ2n) is 14.5. The fraction of sp³-hybridized carbons (Fsp3) is 0.476. The Morgan fingerprint density at radius 1 is 0.765 bits per heavy atom. The first-order valence-electron chi connectivity index (χ1n) is 18.1. The van der Waals surface area contributed by atoms with Crippen molar-refractivity contribution in [3.05, 3.63) is 102 Å². The molecule has 0 aliphatic carbocycles. The molecule has 9 nitrogen and oxygen atoms in total. The molecule has 0 unspecified atom stereocenters. The Hall–Kier alpha value is -4.34. The normalized spacial score (nSPS) is 15.4. The van der Waals surface area contributed by atoms with Crippen LogP contribution in [0, 0.1) is 17.8 Å². The molecule has 3 aromatic carbocycles. The molecule has 1 fully saturated rings. The summed E-state index contributed by atoms with van der Waals surface area (Å²) in [5.41, 5.74) is 2.31. The van der Waals surface area contributed by atoms with Crippen molar-refractivity contribution >= 4 is 23.4 Å². The highest BCUT2D eigenvalue weighted by Gasteiger charge is 2.41. The molecule has 0 radical (unpaired) electrons. The molecule has 1 aliphatic heterocycles. The number of carbonyl (C=O) groups is 4. The van der Waals surface area contributed by atoms with Crippen LogP contribution >= 0.6 is 0 Å². The Bertz CT molecular complexity index is 1550. The minimum Gasteiger partial charge on any atom is -0.489 e. The molecular formula is C42H54N2O7. The van der Waals surface area contributed by atoms with Crippen molar-refractivity contribution in [1.29, 1.82) is 0 Å². The molecule has 4 rings (SSSR count). The monoisotopic (exact) mass is 698 g/mol. The Labute approximate surface area is 302 Å². The quantitative estimate of drug-likeness (QED) is 0.123. The van der Waals surface area contributed by atoms with Gasteiger partial charge in [0.2, 0.25) is 5.91 Å². The number of ether oxygens (including phenoxy) is 3. The van der Waals surface area contributed by atoms with E-state index < -0.39 is 29.5 Å². The van der Waals surface area contributed by atoms with Gasteiger partial charge in [0.25, 0.3) is 0 Å². The Kier molecular flexibility index (Phi) is 14.9. The lowest BCUT2D eigenvalue weighted by atomic mass is 9.86. The highest BCUT2D eigenvalue weighted by atomic mass is 16.5. The largest absolute Gasteiger partial charge is 0.489 e. The molecule has 0 bridgehead atoms. The number of hydrogen-bond acceptors (Lipinski definition) is 8. The third-order valence-electron chi connectivity index (χ3n) is 9.26. The smallest absolute Gasteiger partial charge is 0.328 e. The summed E-state index contributed by atoms with van der Waals surface area (Å²) in [6.07, 6.45) is 1.62. The van der Waals surface area contributed by atoms with Crippen molar-refractivity contribution < 1.29 is 33.4 Å². The highest BCUT2D eigenvalue weighted by Crippen LogP contribution is 2.26. The average molecular weight is 699 g/mol. The Balaban J connectivity index is 1.46. The maximum absolute atomic E-state index is 14.0. The minimum atomic E-state index is -0.864. The van der Waals surface area contributed by atoms with Gasteiger partial charge in [-0.1, -0.05) is 100 Å². The second-order valence-corrected chi connectivity index (χ2v) is 14.5. The minimum absolute atomic E-state index is 0.0401. The molecule has 1 aliphatic rings. The van der Waals surface area contributed by atoms with E-state index in [-0.39, 0.29) is 48.8 Å². The molecule has 1 heterocycles. The van der Waals surface area contributed by atoms with Crippen LogP contribution in [0.2, 0.25) is 0 Å². The van der Waals surface area contributed by atoms with Gasteiger partial charge in [0.1, 0.15) is 36.6 Å². The van der Waals surface area contributed by atoms with Crippen LogP contribution in [-0.2, 0) is 48.3 Å². The van der Waals surface area contributed by atoms with Crippen molar-refractivity contribution in [3.63, 3.8) is 0 Å². The standard InChI is InChI=1S/C42H54N2O7/c1-29(2)22-37(41(48)51-26-34-14-10-7-11-15-34)43-40(47)35(23-32-16-18-36(19-17-32)50-25-33-12-8-6-9-13-33)24-39(46)31(5)44-42(27-49-28-42)21-20-38(45)30(3)4/h6-19,29-31,35,37,44H,20-28H2,1-5H3,(H,43,47)/t31-,35+,37-/m0/s1. The lowest BCUT2D eigenvalue weighted by Crippen LogP contribution is -2.64. The number of hydrogen-bond donors (Lipinski definition) is 2. The zero-order chi connectivity index (χ0) is 36.8. The summed E-state index contributed by atoms with van der Waals surface area (Å²) < 4.78 is 17.1. The lowest BCUT2D eigenvalue weighted by molar-refractivity contribution is -0.150. The number of esters is 1. The Morgan fingerprint density at radius 3 is 1.92 bits per heavy atom. The summed E-state index contributed by atoms with van der Waals surface area (Å²) in [5, 5.41) is 6.38. The van der Waals surface area contributed by atoms with E-state index in [0.29, 0.717) is 44.8 Å². The van der Waals surface area contributed by atoms with Gasteiger partial charge in [0, 0.05) is 24.7 Å². The Morgan fingerprint density at radius 2 is 1.37 bits per heavy atom. The number of nitrogens with one attached hydrogen (secondary N) is 2. The van der Waals surface area contributed by atoms with Crippen molar-refractivity contribution in [2.75, 3.05) is 13.2 Å². The van der Waals surface area contributed by atoms with E-state index in [1.807, 2.05) is 113 Å². The highest BCUT2D eigenvalue weighted by molar-refractivity contribution is 5.91. The third kappa shape index (κ3) is 12.7. The molecule has 274 valence electrons. The lowest BCUT2D eigenvalue weighted by Gasteiger charge is -2.44. The molecule has 0 aromatic heterocycles. The van der Waals surface area contributed by atoms with Gasteiger partial charge in [-0.25, -0.2) is 4.79 Å². The summed E-state index contributed by atoms with van der Waals surface area (Å²) in [6, 6.07) is 25.4. The summed E-state index contributed by atoms with van der Waals surface area (Å²) in [6.45, 7) is 10.9. The maximum Gasteiger partial charge on any atom is 0.328 e. The van der Waals surface area contributed by atoms with Crippen LogP contribution in [0.25, 0.3) is 0 Å². The molecular weight excluding hydrogens is 644 g/mol. The van der Waals surface area contributed by atoms with Crippen LogP contribution in [0.5, 0.6) is 5.75 Å². The van der Waals surface area contributed by atoms with Crippen molar-refractivity contribution in [1.82, 2.24) is 10.6 Å². The first-order chi connectivity index (χ1) is 24.4. The van der Waals surface area contributed by atoms with E-state index >= 15 is 0 Å². The van der Waals surface area contributed by atoms with Gasteiger partial charge in [0.15, 0.2) is 0 Å². The fourth-order valence-electron chi connectivity index (χ4n) is 6.07. The molecule has 1 saturated heterocycles. The number of carbonyl (C=O) groups excluding carboxylic acids is 4. The zero-order valence-electron chi connectivity index (χ0n) is 30.7. The van der Waals surface area contributed by atoms with E-state index in [1.165, 1.54) is 0 Å². The SMILES string of the molecule is CC(C)C[C@H](NC(=O)[C@@H](CC(=O)[C@H](C)NC1(CCC(=O)C(C)C)COC1)Cc1ccc(OCc2ccccc2)cc1)C(=O)OCc1ccccc1. The number of rotatable bonds is 21. The molecule has 1 amide bonds. The predicted molar refractivity (Wildman–Crippen MR) is 197 cm³/mol. The molecule has 0 spiro atoms. The first kappa shape index (κ1) is 39.4. The van der Waals surface area contributed by atoms with Crippen LogP contribution in [0.15, 0.2) is 84.9 Å². The predicted octanol–water partition coefficient (Wildman–Crippen LogP) is 6.41. The van der Waals surface area contributed by atoms with Crippen LogP contribution < -0.4 is 15.4 Å². The summed E-state index contributed by atoms with van der Waals surface area (Å²) in [5.74, 6) is -0.850. The fourth-order valence-corrected chi connectivity index (χ4v) is 6.07. The van der Waals surface area contributed by atoms with Crippen molar-refractivity contribution in [2.45, 2.75) is 97.6 Å². The number of amides is 1. The van der Waals surface area contributed by atoms with E-state index in [4.69, 9.17) is 14.2 Å². The number of benzene rings is 3. The molecule has 3 aromatic rings. The van der Waals surface area contributed by atoms with Gasteiger partial charge in [-0.2, -0.15) is 0 Å². The van der Waals surface area contributed by atoms with E-state index in [1.54, 1.807) is 6.92 Å². The van der Waals surface area contributed by atoms with Gasteiger partial charge in [0.05, 0.1) is 24.8 Å². The van der Waals surface area contributed by atoms with Crippen LogP contribution in [-0.4, -0.2) is 54.3 Å². The first-order valence-corrected chi connectivity index (χ1v) is 18.1. The number of ketones is 2. The van der Waals surface area contributed by atoms with Crippen LogP contribution in [0.4, 0.5) is 0 Å². The van der Waals surface area contributed by atoms with Gasteiger partial charge in [-0.05, 0) is 60.9 Å². The topological polar surface area (TPSA) is 120 Å². The molecule has 9 heteroatoms. The molecule has 0 saturated carbocycles.